The maximum atomic E-state index is 12.4. The largest absolute Gasteiger partial charge is 0.496 e. The summed E-state index contributed by atoms with van der Waals surface area (Å²) in [6.45, 7) is 3.52. The van der Waals surface area contributed by atoms with Gasteiger partial charge in [-0.05, 0) is 37.6 Å². The predicted molar refractivity (Wildman–Crippen MR) is 103 cm³/mol. The van der Waals surface area contributed by atoms with E-state index in [2.05, 4.69) is 10.6 Å². The van der Waals surface area contributed by atoms with Gasteiger partial charge in [-0.2, -0.15) is 0 Å². The second-order valence-electron chi connectivity index (χ2n) is 6.79. The summed E-state index contributed by atoms with van der Waals surface area (Å²) in [5, 5.41) is 16.2. The van der Waals surface area contributed by atoms with E-state index in [1.807, 2.05) is 18.2 Å². The molecule has 0 aliphatic carbocycles. The Morgan fingerprint density at radius 1 is 1.11 bits per heavy atom. The number of carbonyl (C=O) groups is 1. The van der Waals surface area contributed by atoms with Crippen LogP contribution >= 0.6 is 0 Å². The molecule has 3 rings (SSSR count). The van der Waals surface area contributed by atoms with Crippen LogP contribution in [0.15, 0.2) is 30.3 Å². The Balaban J connectivity index is 2.08. The lowest BCUT2D eigenvalue weighted by Crippen LogP contribution is -2.47. The van der Waals surface area contributed by atoms with Gasteiger partial charge in [-0.3, -0.25) is 4.79 Å². The monoisotopic (exact) mass is 372 g/mol. The van der Waals surface area contributed by atoms with Gasteiger partial charge in [0.25, 0.3) is 0 Å². The van der Waals surface area contributed by atoms with Gasteiger partial charge >= 0.3 is 0 Å². The van der Waals surface area contributed by atoms with Gasteiger partial charge in [0.1, 0.15) is 17.0 Å². The van der Waals surface area contributed by atoms with E-state index in [1.54, 1.807) is 40.2 Å². The minimum atomic E-state index is -0.723. The van der Waals surface area contributed by atoms with Gasteiger partial charge in [-0.15, -0.1) is 0 Å². The van der Waals surface area contributed by atoms with Crippen LogP contribution in [0.4, 0.5) is 11.4 Å². The third-order valence-corrected chi connectivity index (χ3v) is 4.53. The van der Waals surface area contributed by atoms with E-state index < -0.39 is 5.54 Å². The maximum absolute atomic E-state index is 12.4. The lowest BCUT2D eigenvalue weighted by atomic mass is 9.93. The fourth-order valence-corrected chi connectivity index (χ4v) is 3.09. The van der Waals surface area contributed by atoms with Gasteiger partial charge in [0.2, 0.25) is 5.91 Å². The number of hydrogen-bond donors (Lipinski definition) is 3. The Bertz CT molecular complexity index is 864. The van der Waals surface area contributed by atoms with Crippen molar-refractivity contribution in [1.82, 2.24) is 0 Å². The second-order valence-corrected chi connectivity index (χ2v) is 6.79. The first-order chi connectivity index (χ1) is 12.9. The molecule has 0 atom stereocenters. The predicted octanol–water partition coefficient (Wildman–Crippen LogP) is 2.98. The molecule has 144 valence electrons. The summed E-state index contributed by atoms with van der Waals surface area (Å²) in [6, 6.07) is 9.21. The molecule has 7 nitrogen and oxygen atoms in total. The number of benzene rings is 2. The van der Waals surface area contributed by atoms with Crippen molar-refractivity contribution in [2.75, 3.05) is 31.6 Å². The quantitative estimate of drug-likeness (QED) is 0.676. The summed E-state index contributed by atoms with van der Waals surface area (Å²) < 4.78 is 15.9. The van der Waals surface area contributed by atoms with Crippen LogP contribution in [0.3, 0.4) is 0 Å². The van der Waals surface area contributed by atoms with Crippen LogP contribution < -0.4 is 20.1 Å². The number of fused-ring (bicyclic) bond motifs is 1. The molecule has 0 saturated carbocycles. The fourth-order valence-electron chi connectivity index (χ4n) is 3.09. The Kier molecular flexibility index (Phi) is 5.25. The van der Waals surface area contributed by atoms with Crippen LogP contribution in [0.2, 0.25) is 0 Å². The van der Waals surface area contributed by atoms with Crippen molar-refractivity contribution in [3.8, 4) is 22.6 Å². The Hall–Kier alpha value is -2.77. The summed E-state index contributed by atoms with van der Waals surface area (Å²) in [6.07, 6.45) is 0. The van der Waals surface area contributed by atoms with E-state index >= 15 is 0 Å². The van der Waals surface area contributed by atoms with Crippen molar-refractivity contribution < 1.29 is 24.1 Å². The molecule has 1 aliphatic rings. The molecule has 7 heteroatoms. The Morgan fingerprint density at radius 3 is 2.52 bits per heavy atom. The van der Waals surface area contributed by atoms with Gasteiger partial charge in [0.05, 0.1) is 25.1 Å². The molecule has 0 unspecified atom stereocenters. The molecule has 3 N–H and O–H groups in total. The summed E-state index contributed by atoms with van der Waals surface area (Å²) in [7, 11) is 3.12. The van der Waals surface area contributed by atoms with Gasteiger partial charge in [-0.1, -0.05) is 6.07 Å². The molecule has 0 saturated heterocycles. The first-order valence-corrected chi connectivity index (χ1v) is 8.57. The minimum absolute atomic E-state index is 0.136. The Labute approximate surface area is 158 Å². The van der Waals surface area contributed by atoms with Crippen LogP contribution in [0, 0.1) is 0 Å². The zero-order valence-electron chi connectivity index (χ0n) is 15.9. The van der Waals surface area contributed by atoms with Crippen LogP contribution in [0.1, 0.15) is 19.4 Å². The summed E-state index contributed by atoms with van der Waals surface area (Å²) in [5.41, 5.74) is 2.81. The van der Waals surface area contributed by atoms with Gasteiger partial charge in [-0.25, -0.2) is 0 Å². The van der Waals surface area contributed by atoms with Crippen molar-refractivity contribution in [2.45, 2.75) is 26.0 Å². The SMILES string of the molecule is COCOc1ccc(-c2ccc3c(c2CO)NC(=O)C(C)(C)N3)c(OC)c1. The molecular formula is C20H24N2O5. The maximum Gasteiger partial charge on any atom is 0.249 e. The molecule has 0 fully saturated rings. The van der Waals surface area contributed by atoms with Gasteiger partial charge < -0.3 is 30.0 Å². The van der Waals surface area contributed by atoms with E-state index in [9.17, 15) is 9.90 Å². The average Bonchev–Trinajstić information content (AvgIpc) is 2.66. The molecule has 1 heterocycles. The highest BCUT2D eigenvalue weighted by molar-refractivity contribution is 6.07. The molecule has 0 spiro atoms. The molecule has 27 heavy (non-hydrogen) atoms. The van der Waals surface area contributed by atoms with Crippen LogP contribution in [-0.4, -0.2) is 37.6 Å². The van der Waals surface area contributed by atoms with Crippen molar-refractivity contribution in [2.24, 2.45) is 0 Å². The first kappa shape index (κ1) is 19.0. The van der Waals surface area contributed by atoms with E-state index in [0.717, 1.165) is 16.8 Å². The number of amides is 1. The number of nitrogens with one attached hydrogen (secondary N) is 2. The standard InChI is InChI=1S/C20H24N2O5/c1-20(2)19(24)21-18-15(10-23)13(7-8-16(18)22-20)14-6-5-12(27-11-25-3)9-17(14)26-4/h5-9,22-23H,10-11H2,1-4H3,(H,21,24). The van der Waals surface area contributed by atoms with Crippen molar-refractivity contribution in [3.63, 3.8) is 0 Å². The van der Waals surface area contributed by atoms with Crippen LogP contribution in [0.25, 0.3) is 11.1 Å². The summed E-state index contributed by atoms with van der Waals surface area (Å²) in [4.78, 5) is 12.4. The molecular weight excluding hydrogens is 348 g/mol. The van der Waals surface area contributed by atoms with E-state index in [0.29, 0.717) is 22.7 Å². The van der Waals surface area contributed by atoms with Gasteiger partial charge in [0, 0.05) is 24.3 Å². The number of ether oxygens (including phenoxy) is 3. The summed E-state index contributed by atoms with van der Waals surface area (Å²) in [5.74, 6) is 1.04. The number of methoxy groups -OCH3 is 2. The third-order valence-electron chi connectivity index (χ3n) is 4.53. The molecule has 0 bridgehead atoms. The molecule has 2 aromatic rings. The van der Waals surface area contributed by atoms with Gasteiger partial charge in [0.15, 0.2) is 6.79 Å². The third kappa shape index (κ3) is 3.56. The number of hydrogen-bond acceptors (Lipinski definition) is 6. The van der Waals surface area contributed by atoms with E-state index in [1.165, 1.54) is 0 Å². The van der Waals surface area contributed by atoms with Crippen LogP contribution in [-0.2, 0) is 16.1 Å². The fraction of sp³-hybridized carbons (Fsp3) is 0.350. The molecule has 2 aromatic carbocycles. The normalized spacial score (nSPS) is 14.8. The number of rotatable bonds is 6. The Morgan fingerprint density at radius 2 is 1.85 bits per heavy atom. The zero-order chi connectivity index (χ0) is 19.6. The van der Waals surface area contributed by atoms with Crippen LogP contribution in [0.5, 0.6) is 11.5 Å². The van der Waals surface area contributed by atoms with Crippen molar-refractivity contribution in [1.29, 1.82) is 0 Å². The number of aliphatic hydroxyl groups excluding tert-OH is 1. The highest BCUT2D eigenvalue weighted by atomic mass is 16.7. The van der Waals surface area contributed by atoms with E-state index in [-0.39, 0.29) is 19.3 Å². The lowest BCUT2D eigenvalue weighted by molar-refractivity contribution is -0.119. The van der Waals surface area contributed by atoms with Crippen molar-refractivity contribution >= 4 is 17.3 Å². The second kappa shape index (κ2) is 7.46. The number of carbonyl (C=O) groups excluding carboxylic acids is 1. The van der Waals surface area contributed by atoms with E-state index in [4.69, 9.17) is 14.2 Å². The minimum Gasteiger partial charge on any atom is -0.496 e. The molecule has 1 amide bonds. The highest BCUT2D eigenvalue weighted by Crippen LogP contribution is 2.42. The molecule has 0 aromatic heterocycles. The zero-order valence-corrected chi connectivity index (χ0v) is 15.9. The number of anilines is 2. The smallest absolute Gasteiger partial charge is 0.249 e. The first-order valence-electron chi connectivity index (χ1n) is 8.57. The van der Waals surface area contributed by atoms with Crippen molar-refractivity contribution in [3.05, 3.63) is 35.9 Å². The lowest BCUT2D eigenvalue weighted by Gasteiger charge is -2.34. The molecule has 1 aliphatic heterocycles. The average molecular weight is 372 g/mol. The number of aliphatic hydroxyl groups is 1. The highest BCUT2D eigenvalue weighted by Gasteiger charge is 2.34. The summed E-state index contributed by atoms with van der Waals surface area (Å²) >= 11 is 0. The topological polar surface area (TPSA) is 89.0 Å². The molecule has 0 radical (unpaired) electrons.